The number of phenolic OH excluding ortho intramolecular Hbond substituents is 3. The van der Waals surface area contributed by atoms with Crippen molar-refractivity contribution in [2.45, 2.75) is 55.6 Å². The molecule has 7 unspecified atom stereocenters. The van der Waals surface area contributed by atoms with E-state index in [2.05, 4.69) is 0 Å². The lowest BCUT2D eigenvalue weighted by molar-refractivity contribution is -0.302. The van der Waals surface area contributed by atoms with Gasteiger partial charge in [0.15, 0.2) is 40.8 Å². The van der Waals surface area contributed by atoms with Crippen LogP contribution in [0, 0.1) is 0 Å². The smallest absolute Gasteiger partial charge is 0.338 e. The van der Waals surface area contributed by atoms with Crippen LogP contribution < -0.4 is 18.9 Å². The predicted octanol–water partition coefficient (Wildman–Crippen LogP) is 1.65. The van der Waals surface area contributed by atoms with Crippen molar-refractivity contribution < 1.29 is 73.7 Å². The van der Waals surface area contributed by atoms with E-state index in [4.69, 9.17) is 33.2 Å². The van der Waals surface area contributed by atoms with Gasteiger partial charge < -0.3 is 68.9 Å². The lowest BCUT2D eigenvalue weighted by Gasteiger charge is -2.40. The third-order valence-electron chi connectivity index (χ3n) is 8.53. The first kappa shape index (κ1) is 35.8. The number of carbonyl (C=O) groups excluding carboxylic acids is 1. The van der Waals surface area contributed by atoms with Gasteiger partial charge in [0.05, 0.1) is 39.4 Å². The van der Waals surface area contributed by atoms with Crippen LogP contribution in [0.1, 0.15) is 45.5 Å². The summed E-state index contributed by atoms with van der Waals surface area (Å²) < 4.78 is 38.8. The normalized spacial score (nSPS) is 24.5. The summed E-state index contributed by atoms with van der Waals surface area (Å²) in [6, 6.07) is 10.5. The number of methoxy groups -OCH3 is 3. The maximum atomic E-state index is 12.9. The number of aliphatic hydroxyl groups excluding tert-OH is 4. The number of fused-ring (bicyclic) bond motifs is 1. The van der Waals surface area contributed by atoms with Gasteiger partial charge in [-0.25, -0.2) is 4.79 Å². The van der Waals surface area contributed by atoms with Crippen LogP contribution in [0.25, 0.3) is 0 Å². The highest BCUT2D eigenvalue weighted by atomic mass is 16.7. The molecule has 15 nitrogen and oxygen atoms in total. The average molecular weight is 689 g/mol. The first-order valence-corrected chi connectivity index (χ1v) is 15.4. The van der Waals surface area contributed by atoms with Crippen LogP contribution >= 0.6 is 0 Å². The van der Waals surface area contributed by atoms with Crippen molar-refractivity contribution in [3.63, 3.8) is 0 Å². The van der Waals surface area contributed by atoms with Gasteiger partial charge in [0.25, 0.3) is 0 Å². The van der Waals surface area contributed by atoms with E-state index in [-0.39, 0.29) is 59.0 Å². The number of benzene rings is 3. The van der Waals surface area contributed by atoms with Crippen LogP contribution in [-0.4, -0.2) is 114 Å². The van der Waals surface area contributed by atoms with Crippen LogP contribution in [-0.2, 0) is 20.6 Å². The fraction of sp³-hybridized carbons (Fsp3) is 0.441. The Kier molecular flexibility index (Phi) is 11.2. The first-order chi connectivity index (χ1) is 23.5. The lowest BCUT2D eigenvalue weighted by Crippen LogP contribution is -2.59. The third kappa shape index (κ3) is 7.41. The molecule has 49 heavy (non-hydrogen) atoms. The number of aryl methyl sites for hydroxylation is 1. The molecule has 0 bridgehead atoms. The van der Waals surface area contributed by atoms with Gasteiger partial charge >= 0.3 is 5.97 Å². The topological polar surface area (TPSA) is 223 Å². The van der Waals surface area contributed by atoms with E-state index in [1.807, 2.05) is 6.07 Å². The molecule has 5 rings (SSSR count). The number of hydrogen-bond acceptors (Lipinski definition) is 15. The van der Waals surface area contributed by atoms with Crippen LogP contribution in [0.3, 0.4) is 0 Å². The molecule has 266 valence electrons. The minimum atomic E-state index is -1.74. The SMILES string of the molecule is COc1cc(C2Oc3c(O)cc(CCCO)cc3C2COC2OC(COC(=O)c3cc(OC)c(O)c(OC)c3)C(O)C(O)C2O)ccc1O. The zero-order chi connectivity index (χ0) is 35.4. The molecule has 1 fully saturated rings. The Bertz CT molecular complexity index is 1600. The summed E-state index contributed by atoms with van der Waals surface area (Å²) >= 11 is 0. The van der Waals surface area contributed by atoms with E-state index in [0.717, 1.165) is 5.56 Å². The number of ether oxygens (including phenoxy) is 7. The number of carbonyl (C=O) groups is 1. The molecule has 2 heterocycles. The van der Waals surface area contributed by atoms with Crippen molar-refractivity contribution in [2.75, 3.05) is 41.2 Å². The van der Waals surface area contributed by atoms with Crippen LogP contribution in [0.2, 0.25) is 0 Å². The molecule has 0 aliphatic carbocycles. The second-order valence-corrected chi connectivity index (χ2v) is 11.6. The van der Waals surface area contributed by atoms with E-state index in [1.54, 1.807) is 18.2 Å². The van der Waals surface area contributed by atoms with Crippen molar-refractivity contribution in [1.29, 1.82) is 0 Å². The lowest BCUT2D eigenvalue weighted by atomic mass is 9.90. The van der Waals surface area contributed by atoms with E-state index < -0.39 is 55.3 Å². The molecule has 0 radical (unpaired) electrons. The Morgan fingerprint density at radius 3 is 2.16 bits per heavy atom. The van der Waals surface area contributed by atoms with Gasteiger partial charge in [0.1, 0.15) is 37.1 Å². The summed E-state index contributed by atoms with van der Waals surface area (Å²) in [5, 5.41) is 72.6. The summed E-state index contributed by atoms with van der Waals surface area (Å²) in [7, 11) is 3.99. The molecule has 1 saturated heterocycles. The summed E-state index contributed by atoms with van der Waals surface area (Å²) in [6.07, 6.45) is -7.77. The minimum Gasteiger partial charge on any atom is -0.504 e. The number of rotatable bonds is 13. The van der Waals surface area contributed by atoms with Gasteiger partial charge in [-0.15, -0.1) is 0 Å². The fourth-order valence-electron chi connectivity index (χ4n) is 5.89. The highest BCUT2D eigenvalue weighted by molar-refractivity contribution is 5.91. The molecule has 3 aromatic rings. The highest BCUT2D eigenvalue weighted by Gasteiger charge is 2.46. The standard InChI is InChI=1S/C34H40O15/c1-43-23-11-17(6-7-21(23)36)31-20(19-9-16(5-4-8-35)10-22(37)32(19)49-31)14-47-34-30(41)29(40)28(39)26(48-34)15-46-33(42)18-12-24(44-2)27(38)25(13-18)45-3/h6-7,9-13,20,26,28-31,34-41H,4-5,8,14-15H2,1-3H3. The van der Waals surface area contributed by atoms with Crippen LogP contribution in [0.15, 0.2) is 42.5 Å². The zero-order valence-corrected chi connectivity index (χ0v) is 27.0. The van der Waals surface area contributed by atoms with Gasteiger partial charge in [0, 0.05) is 12.2 Å². The van der Waals surface area contributed by atoms with Crippen molar-refractivity contribution >= 4 is 5.97 Å². The summed E-state index contributed by atoms with van der Waals surface area (Å²) in [5.41, 5.74) is 1.84. The molecule has 0 aromatic heterocycles. The molecular formula is C34H40O15. The molecule has 15 heteroatoms. The number of esters is 1. The number of hydrogen-bond donors (Lipinski definition) is 7. The van der Waals surface area contributed by atoms with E-state index in [9.17, 15) is 40.5 Å². The van der Waals surface area contributed by atoms with Crippen molar-refractivity contribution in [2.24, 2.45) is 0 Å². The molecular weight excluding hydrogens is 648 g/mol. The second kappa shape index (κ2) is 15.4. The molecule has 2 aliphatic rings. The Morgan fingerprint density at radius 1 is 0.816 bits per heavy atom. The van der Waals surface area contributed by atoms with Crippen molar-refractivity contribution in [3.8, 4) is 40.2 Å². The van der Waals surface area contributed by atoms with Gasteiger partial charge in [-0.1, -0.05) is 12.1 Å². The van der Waals surface area contributed by atoms with Gasteiger partial charge in [0.2, 0.25) is 5.75 Å². The Labute approximate surface area is 281 Å². The Morgan fingerprint density at radius 2 is 1.51 bits per heavy atom. The molecule has 0 spiro atoms. The number of aliphatic hydroxyl groups is 4. The summed E-state index contributed by atoms with van der Waals surface area (Å²) in [4.78, 5) is 12.9. The minimum absolute atomic E-state index is 0.0383. The van der Waals surface area contributed by atoms with E-state index in [0.29, 0.717) is 24.0 Å². The molecule has 7 N–H and O–H groups in total. The Hall–Kier alpha value is -4.51. The van der Waals surface area contributed by atoms with E-state index in [1.165, 1.54) is 39.5 Å². The molecule has 7 atom stereocenters. The van der Waals surface area contributed by atoms with Crippen molar-refractivity contribution in [3.05, 3.63) is 64.7 Å². The third-order valence-corrected chi connectivity index (χ3v) is 8.53. The second-order valence-electron chi connectivity index (χ2n) is 11.6. The number of phenols is 3. The predicted molar refractivity (Wildman–Crippen MR) is 168 cm³/mol. The maximum absolute atomic E-state index is 12.9. The van der Waals surface area contributed by atoms with E-state index >= 15 is 0 Å². The van der Waals surface area contributed by atoms with Crippen LogP contribution in [0.4, 0.5) is 0 Å². The van der Waals surface area contributed by atoms with Crippen molar-refractivity contribution in [1.82, 2.24) is 0 Å². The largest absolute Gasteiger partial charge is 0.504 e. The molecule has 2 aliphatic heterocycles. The molecule has 0 saturated carbocycles. The molecule has 3 aromatic carbocycles. The quantitative estimate of drug-likeness (QED) is 0.127. The monoisotopic (exact) mass is 688 g/mol. The van der Waals surface area contributed by atoms with Gasteiger partial charge in [-0.2, -0.15) is 0 Å². The van der Waals surface area contributed by atoms with Gasteiger partial charge in [-0.3, -0.25) is 0 Å². The number of aromatic hydroxyl groups is 3. The Balaban J connectivity index is 1.35. The summed E-state index contributed by atoms with van der Waals surface area (Å²) in [6.45, 7) is -0.786. The summed E-state index contributed by atoms with van der Waals surface area (Å²) in [5.74, 6) is -1.73. The zero-order valence-electron chi connectivity index (χ0n) is 27.0. The van der Waals surface area contributed by atoms with Crippen LogP contribution in [0.5, 0.6) is 40.2 Å². The first-order valence-electron chi connectivity index (χ1n) is 15.4. The molecule has 0 amide bonds. The fourth-order valence-corrected chi connectivity index (χ4v) is 5.89. The maximum Gasteiger partial charge on any atom is 0.338 e. The van der Waals surface area contributed by atoms with Gasteiger partial charge in [-0.05, 0) is 54.3 Å². The average Bonchev–Trinajstić information content (AvgIpc) is 3.47. The highest BCUT2D eigenvalue weighted by Crippen LogP contribution is 2.51.